The van der Waals surface area contributed by atoms with Crippen molar-refractivity contribution in [2.75, 3.05) is 5.32 Å². The Labute approximate surface area is 185 Å². The maximum absolute atomic E-state index is 14.7. The Morgan fingerprint density at radius 3 is 2.75 bits per heavy atom. The van der Waals surface area contributed by atoms with Gasteiger partial charge >= 0.3 is 0 Å². The van der Waals surface area contributed by atoms with Gasteiger partial charge in [0, 0.05) is 6.20 Å². The quantitative estimate of drug-likeness (QED) is 0.433. The Bertz CT molecular complexity index is 1210. The van der Waals surface area contributed by atoms with Crippen LogP contribution in [0, 0.1) is 12.7 Å². The molecule has 0 saturated heterocycles. The van der Waals surface area contributed by atoms with Crippen LogP contribution in [0.4, 0.5) is 10.2 Å². The van der Waals surface area contributed by atoms with Gasteiger partial charge in [0.2, 0.25) is 5.82 Å². The molecule has 1 N–H and O–H groups in total. The molecule has 0 aliphatic carbocycles. The SMILES string of the molecule is C=N/C=C\C(=C/C)c1cc(C(=O)Nc2cccc(-c3nnnn3C(C)C)n2)c(F)cc1C. The number of tetrazole rings is 1. The largest absolute Gasteiger partial charge is 0.306 e. The average molecular weight is 433 g/mol. The lowest BCUT2D eigenvalue weighted by Gasteiger charge is -2.12. The fraction of sp³-hybridized carbons (Fsp3) is 0.217. The maximum atomic E-state index is 14.7. The predicted octanol–water partition coefficient (Wildman–Crippen LogP) is 4.63. The van der Waals surface area contributed by atoms with Crippen molar-refractivity contribution in [1.82, 2.24) is 25.2 Å². The maximum Gasteiger partial charge on any atom is 0.259 e. The molecule has 0 aliphatic heterocycles. The standard InChI is InChI=1S/C23H24FN7O/c1-6-16(10-11-25-5)17-13-18(19(24)12-15(17)4)23(32)27-21-9-7-8-20(26-21)22-28-29-30-31(22)14(2)3/h6-14H,5H2,1-4H3,(H,26,27,32)/b11-10-,16-6+. The van der Waals surface area contributed by atoms with Crippen LogP contribution in [0.5, 0.6) is 0 Å². The van der Waals surface area contributed by atoms with Gasteiger partial charge in [0.15, 0.2) is 0 Å². The molecule has 0 aliphatic rings. The molecule has 1 amide bonds. The minimum atomic E-state index is -0.620. The Kier molecular flexibility index (Phi) is 6.99. The third-order valence-corrected chi connectivity index (χ3v) is 4.74. The fourth-order valence-electron chi connectivity index (χ4n) is 3.15. The summed E-state index contributed by atoms with van der Waals surface area (Å²) >= 11 is 0. The van der Waals surface area contributed by atoms with Gasteiger partial charge in [-0.15, -0.1) is 5.10 Å². The molecule has 3 aromatic rings. The summed E-state index contributed by atoms with van der Waals surface area (Å²) in [6.45, 7) is 10.9. The van der Waals surface area contributed by atoms with Gasteiger partial charge < -0.3 is 5.32 Å². The Morgan fingerprint density at radius 1 is 1.28 bits per heavy atom. The van der Waals surface area contributed by atoms with Crippen LogP contribution in [-0.4, -0.2) is 37.8 Å². The van der Waals surface area contributed by atoms with E-state index in [1.807, 2.05) is 26.8 Å². The Balaban J connectivity index is 1.93. The second-order valence-electron chi connectivity index (χ2n) is 7.29. The van der Waals surface area contributed by atoms with Crippen molar-refractivity contribution in [3.8, 4) is 11.5 Å². The van der Waals surface area contributed by atoms with E-state index in [4.69, 9.17) is 0 Å². The summed E-state index contributed by atoms with van der Waals surface area (Å²) in [7, 11) is 0. The first-order valence-electron chi connectivity index (χ1n) is 10.0. The molecule has 0 fully saturated rings. The summed E-state index contributed by atoms with van der Waals surface area (Å²) in [5.74, 6) is -0.502. The smallest absolute Gasteiger partial charge is 0.259 e. The number of nitrogens with one attached hydrogen (secondary N) is 1. The third kappa shape index (κ3) is 4.83. The number of pyridine rings is 1. The average Bonchev–Trinajstić information content (AvgIpc) is 3.26. The number of anilines is 1. The minimum absolute atomic E-state index is 0.0336. The first-order chi connectivity index (χ1) is 15.3. The summed E-state index contributed by atoms with van der Waals surface area (Å²) in [5, 5.41) is 14.3. The highest BCUT2D eigenvalue weighted by Crippen LogP contribution is 2.25. The number of carbonyl (C=O) groups is 1. The molecule has 9 heteroatoms. The zero-order chi connectivity index (χ0) is 23.3. The van der Waals surface area contributed by atoms with Crippen molar-refractivity contribution in [1.29, 1.82) is 0 Å². The molecule has 0 saturated carbocycles. The van der Waals surface area contributed by atoms with Gasteiger partial charge in [0.05, 0.1) is 11.6 Å². The monoisotopic (exact) mass is 433 g/mol. The van der Waals surface area contributed by atoms with Crippen LogP contribution in [0.3, 0.4) is 0 Å². The molecule has 2 aromatic heterocycles. The highest BCUT2D eigenvalue weighted by Gasteiger charge is 2.18. The van der Waals surface area contributed by atoms with Crippen LogP contribution >= 0.6 is 0 Å². The number of carbonyl (C=O) groups excluding carboxylic acids is 1. The van der Waals surface area contributed by atoms with Crippen LogP contribution in [0.15, 0.2) is 53.7 Å². The summed E-state index contributed by atoms with van der Waals surface area (Å²) in [6.07, 6.45) is 5.14. The number of aromatic nitrogens is 5. The number of halogens is 1. The van der Waals surface area contributed by atoms with E-state index < -0.39 is 11.7 Å². The van der Waals surface area contributed by atoms with Gasteiger partial charge in [-0.2, -0.15) is 0 Å². The summed E-state index contributed by atoms with van der Waals surface area (Å²) < 4.78 is 16.3. The predicted molar refractivity (Wildman–Crippen MR) is 123 cm³/mol. The van der Waals surface area contributed by atoms with Gasteiger partial charge in [-0.25, -0.2) is 14.1 Å². The minimum Gasteiger partial charge on any atom is -0.306 e. The van der Waals surface area contributed by atoms with Gasteiger partial charge in [-0.3, -0.25) is 9.79 Å². The molecule has 0 radical (unpaired) electrons. The molecule has 0 spiro atoms. The normalized spacial score (nSPS) is 11.9. The van der Waals surface area contributed by atoms with E-state index >= 15 is 0 Å². The highest BCUT2D eigenvalue weighted by atomic mass is 19.1. The number of nitrogens with zero attached hydrogens (tertiary/aromatic N) is 6. The van der Waals surface area contributed by atoms with E-state index in [0.717, 1.165) is 11.1 Å². The highest BCUT2D eigenvalue weighted by molar-refractivity contribution is 6.04. The van der Waals surface area contributed by atoms with E-state index in [1.54, 1.807) is 35.9 Å². The molecule has 0 bridgehead atoms. The number of rotatable bonds is 7. The van der Waals surface area contributed by atoms with Crippen LogP contribution in [0.25, 0.3) is 17.1 Å². The van der Waals surface area contributed by atoms with E-state index in [1.165, 1.54) is 18.3 Å². The number of benzene rings is 1. The summed E-state index contributed by atoms with van der Waals surface area (Å²) in [5.41, 5.74) is 2.61. The topological polar surface area (TPSA) is 98.0 Å². The number of amides is 1. The first kappa shape index (κ1) is 22.7. The second-order valence-corrected chi connectivity index (χ2v) is 7.29. The molecule has 8 nitrogen and oxygen atoms in total. The van der Waals surface area contributed by atoms with Crippen molar-refractivity contribution in [3.63, 3.8) is 0 Å². The lowest BCUT2D eigenvalue weighted by atomic mass is 9.97. The molecule has 164 valence electrons. The van der Waals surface area contributed by atoms with E-state index in [0.29, 0.717) is 17.1 Å². The van der Waals surface area contributed by atoms with E-state index in [-0.39, 0.29) is 17.4 Å². The number of hydrogen-bond acceptors (Lipinski definition) is 6. The second kappa shape index (κ2) is 9.86. The van der Waals surface area contributed by atoms with Crippen molar-refractivity contribution in [3.05, 3.63) is 71.2 Å². The number of aliphatic imine (C=N–C) groups is 1. The van der Waals surface area contributed by atoms with Crippen molar-refractivity contribution >= 4 is 24.0 Å². The van der Waals surface area contributed by atoms with E-state index in [2.05, 4.69) is 37.5 Å². The van der Waals surface area contributed by atoms with Crippen molar-refractivity contribution < 1.29 is 9.18 Å². The van der Waals surface area contributed by atoms with Crippen molar-refractivity contribution in [2.24, 2.45) is 4.99 Å². The fourth-order valence-corrected chi connectivity index (χ4v) is 3.15. The summed E-state index contributed by atoms with van der Waals surface area (Å²) in [4.78, 5) is 21.0. The molecule has 1 aromatic carbocycles. The Hall–Kier alpha value is -4.01. The lowest BCUT2D eigenvalue weighted by molar-refractivity contribution is 0.102. The molecule has 0 unspecified atom stereocenters. The van der Waals surface area contributed by atoms with Gasteiger partial charge in [-0.05, 0) is 91.9 Å². The molecule has 0 atom stereocenters. The van der Waals surface area contributed by atoms with Crippen LogP contribution in [-0.2, 0) is 0 Å². The molecule has 32 heavy (non-hydrogen) atoms. The number of allylic oxidation sites excluding steroid dienone is 3. The van der Waals surface area contributed by atoms with Crippen molar-refractivity contribution in [2.45, 2.75) is 33.7 Å². The van der Waals surface area contributed by atoms with Gasteiger partial charge in [0.25, 0.3) is 5.91 Å². The third-order valence-electron chi connectivity index (χ3n) is 4.74. The van der Waals surface area contributed by atoms with Crippen LogP contribution in [0.2, 0.25) is 0 Å². The van der Waals surface area contributed by atoms with Crippen LogP contribution in [0.1, 0.15) is 48.3 Å². The molecular formula is C23H24FN7O. The number of hydrogen-bond donors (Lipinski definition) is 1. The molecule has 3 rings (SSSR count). The zero-order valence-electron chi connectivity index (χ0n) is 18.4. The zero-order valence-corrected chi connectivity index (χ0v) is 18.4. The van der Waals surface area contributed by atoms with Gasteiger partial charge in [0.1, 0.15) is 17.3 Å². The Morgan fingerprint density at radius 2 is 2.06 bits per heavy atom. The molecule has 2 heterocycles. The molecular weight excluding hydrogens is 409 g/mol. The van der Waals surface area contributed by atoms with E-state index in [9.17, 15) is 9.18 Å². The number of aryl methyl sites for hydroxylation is 1. The lowest BCUT2D eigenvalue weighted by Crippen LogP contribution is -2.16. The van der Waals surface area contributed by atoms with Gasteiger partial charge in [-0.1, -0.05) is 12.1 Å². The first-order valence-corrected chi connectivity index (χ1v) is 10.0. The summed E-state index contributed by atoms with van der Waals surface area (Å²) in [6, 6.07) is 7.97. The van der Waals surface area contributed by atoms with Crippen LogP contribution < -0.4 is 5.32 Å².